The maximum absolute atomic E-state index is 12.8. The minimum Gasteiger partial charge on any atom is -0.352 e. The number of benzene rings is 1. The molecule has 7 heteroatoms. The van der Waals surface area contributed by atoms with Crippen LogP contribution in [0.1, 0.15) is 35.0 Å². The van der Waals surface area contributed by atoms with E-state index in [0.717, 1.165) is 34.1 Å². The number of nitrogens with zero attached hydrogens (tertiary/aromatic N) is 2. The molecule has 0 aliphatic carbocycles. The average Bonchev–Trinajstić information content (AvgIpc) is 2.65. The summed E-state index contributed by atoms with van der Waals surface area (Å²) in [5, 5.41) is 6.66. The number of nitrogens with one attached hydrogen (secondary N) is 2. The van der Waals surface area contributed by atoms with Crippen molar-refractivity contribution in [1.29, 1.82) is 0 Å². The van der Waals surface area contributed by atoms with Crippen LogP contribution >= 0.6 is 11.8 Å². The Balaban J connectivity index is 1.73. The molecule has 142 valence electrons. The molecule has 2 N–H and O–H groups in total. The smallest absolute Gasteiger partial charge is 0.326 e. The van der Waals surface area contributed by atoms with Crippen LogP contribution in [0.5, 0.6) is 0 Å². The lowest BCUT2D eigenvalue weighted by Gasteiger charge is -2.30. The fourth-order valence-electron chi connectivity index (χ4n) is 3.01. The molecule has 3 rings (SSSR count). The molecule has 0 fully saturated rings. The van der Waals surface area contributed by atoms with Gasteiger partial charge < -0.3 is 10.6 Å². The molecule has 1 aromatic carbocycles. The van der Waals surface area contributed by atoms with Crippen LogP contribution in [0.3, 0.4) is 0 Å². The van der Waals surface area contributed by atoms with Crippen LogP contribution in [-0.4, -0.2) is 35.8 Å². The molecule has 1 aliphatic heterocycles. The van der Waals surface area contributed by atoms with Gasteiger partial charge in [-0.15, -0.1) is 11.8 Å². The van der Waals surface area contributed by atoms with Crippen LogP contribution < -0.4 is 15.5 Å². The predicted molar refractivity (Wildman–Crippen MR) is 110 cm³/mol. The fourth-order valence-corrected chi connectivity index (χ4v) is 4.09. The Kier molecular flexibility index (Phi) is 6.01. The first kappa shape index (κ1) is 19.2. The molecule has 0 saturated heterocycles. The zero-order chi connectivity index (χ0) is 19.4. The maximum Gasteiger partial charge on any atom is 0.326 e. The van der Waals surface area contributed by atoms with Crippen molar-refractivity contribution in [2.45, 2.75) is 32.2 Å². The first-order valence-corrected chi connectivity index (χ1v) is 10.1. The van der Waals surface area contributed by atoms with E-state index in [-0.39, 0.29) is 11.9 Å². The minimum atomic E-state index is -0.187. The lowest BCUT2D eigenvalue weighted by molar-refractivity contribution is 0.0953. The molecule has 2 aromatic rings. The summed E-state index contributed by atoms with van der Waals surface area (Å²) in [6.07, 6.45) is 0.892. The number of urea groups is 1. The van der Waals surface area contributed by atoms with Crippen molar-refractivity contribution in [3.05, 3.63) is 47.2 Å². The quantitative estimate of drug-likeness (QED) is 0.836. The number of pyridine rings is 1. The molecule has 1 aromatic heterocycles. The highest BCUT2D eigenvalue weighted by Gasteiger charge is 2.26. The van der Waals surface area contributed by atoms with Gasteiger partial charge in [0.2, 0.25) is 0 Å². The molecule has 0 saturated carbocycles. The van der Waals surface area contributed by atoms with Crippen LogP contribution in [0.4, 0.5) is 16.2 Å². The molecule has 2 heterocycles. The first-order valence-electron chi connectivity index (χ1n) is 9.07. The Morgan fingerprint density at radius 3 is 2.67 bits per heavy atom. The highest BCUT2D eigenvalue weighted by Crippen LogP contribution is 2.36. The van der Waals surface area contributed by atoms with Gasteiger partial charge in [0.25, 0.3) is 5.91 Å². The lowest BCUT2D eigenvalue weighted by atomic mass is 10.2. The van der Waals surface area contributed by atoms with Gasteiger partial charge in [-0.2, -0.15) is 0 Å². The number of carbonyl (C=O) groups excluding carboxylic acids is 2. The van der Waals surface area contributed by atoms with Gasteiger partial charge in [0.15, 0.2) is 0 Å². The van der Waals surface area contributed by atoms with Crippen LogP contribution in [0, 0.1) is 13.8 Å². The molecule has 0 atom stereocenters. The minimum absolute atomic E-state index is 0.103. The molecule has 0 radical (unpaired) electrons. The highest BCUT2D eigenvalue weighted by molar-refractivity contribution is 7.99. The Bertz CT molecular complexity index is 852. The Morgan fingerprint density at radius 1 is 1.22 bits per heavy atom. The zero-order valence-corrected chi connectivity index (χ0v) is 16.7. The molecule has 1 aliphatic rings. The average molecular weight is 385 g/mol. The van der Waals surface area contributed by atoms with E-state index in [1.165, 1.54) is 0 Å². The lowest BCUT2D eigenvalue weighted by Crippen LogP contribution is -2.39. The summed E-state index contributed by atoms with van der Waals surface area (Å²) < 4.78 is 0. The number of anilines is 2. The normalized spacial score (nSPS) is 13.1. The number of rotatable bonds is 4. The van der Waals surface area contributed by atoms with Crippen molar-refractivity contribution in [2.75, 3.05) is 29.1 Å². The van der Waals surface area contributed by atoms with E-state index in [0.29, 0.717) is 24.3 Å². The number of hydrogen-bond acceptors (Lipinski definition) is 4. The number of fused-ring (bicyclic) bond motifs is 1. The van der Waals surface area contributed by atoms with Gasteiger partial charge in [-0.3, -0.25) is 9.69 Å². The van der Waals surface area contributed by atoms with Gasteiger partial charge >= 0.3 is 6.03 Å². The molecule has 6 nitrogen and oxygen atoms in total. The number of aromatic nitrogens is 1. The molecule has 3 amide bonds. The summed E-state index contributed by atoms with van der Waals surface area (Å²) in [7, 11) is 0. The van der Waals surface area contributed by atoms with E-state index >= 15 is 0 Å². The number of hydrogen-bond donors (Lipinski definition) is 2. The number of carbonyl (C=O) groups is 2. The standard InChI is InChI=1S/C20H24N4O2S/c1-4-9-21-18(25)15-5-7-16(8-6-15)23-20(26)24-10-11-27-19-17(24)13(2)12-14(3)22-19/h5-8,12H,4,9-11H2,1-3H3,(H,21,25)(H,23,26). The van der Waals surface area contributed by atoms with Gasteiger partial charge in [0.05, 0.1) is 5.69 Å². The summed E-state index contributed by atoms with van der Waals surface area (Å²) >= 11 is 1.68. The van der Waals surface area contributed by atoms with Gasteiger partial charge in [0, 0.05) is 35.8 Å². The molecule has 0 unspecified atom stereocenters. The third-order valence-electron chi connectivity index (χ3n) is 4.28. The summed E-state index contributed by atoms with van der Waals surface area (Å²) in [5.74, 6) is 0.709. The molecule has 0 spiro atoms. The van der Waals surface area contributed by atoms with Crippen molar-refractivity contribution in [2.24, 2.45) is 0 Å². The Labute approximate surface area is 163 Å². The Hall–Kier alpha value is -2.54. The van der Waals surface area contributed by atoms with E-state index in [1.54, 1.807) is 40.9 Å². The van der Waals surface area contributed by atoms with E-state index < -0.39 is 0 Å². The van der Waals surface area contributed by atoms with Crippen molar-refractivity contribution < 1.29 is 9.59 Å². The SMILES string of the molecule is CCCNC(=O)c1ccc(NC(=O)N2CCSc3nc(C)cc(C)c32)cc1. The van der Waals surface area contributed by atoms with E-state index in [9.17, 15) is 9.59 Å². The predicted octanol–water partition coefficient (Wildman–Crippen LogP) is 3.98. The van der Waals surface area contributed by atoms with E-state index in [4.69, 9.17) is 0 Å². The van der Waals surface area contributed by atoms with Gasteiger partial charge in [-0.1, -0.05) is 6.92 Å². The van der Waals surface area contributed by atoms with Gasteiger partial charge in [-0.05, 0) is 56.2 Å². The van der Waals surface area contributed by atoms with Crippen molar-refractivity contribution in [3.63, 3.8) is 0 Å². The van der Waals surface area contributed by atoms with Crippen LogP contribution in [0.25, 0.3) is 0 Å². The molecular weight excluding hydrogens is 360 g/mol. The fraction of sp³-hybridized carbons (Fsp3) is 0.350. The van der Waals surface area contributed by atoms with Crippen molar-refractivity contribution >= 4 is 35.1 Å². The molecule has 0 bridgehead atoms. The van der Waals surface area contributed by atoms with E-state index in [1.807, 2.05) is 26.8 Å². The topological polar surface area (TPSA) is 74.3 Å². The second-order valence-electron chi connectivity index (χ2n) is 6.50. The van der Waals surface area contributed by atoms with Crippen molar-refractivity contribution in [1.82, 2.24) is 10.3 Å². The van der Waals surface area contributed by atoms with Crippen LogP contribution in [0.2, 0.25) is 0 Å². The third kappa shape index (κ3) is 4.42. The van der Waals surface area contributed by atoms with E-state index in [2.05, 4.69) is 15.6 Å². The highest BCUT2D eigenvalue weighted by atomic mass is 32.2. The Morgan fingerprint density at radius 2 is 1.96 bits per heavy atom. The van der Waals surface area contributed by atoms with Crippen molar-refractivity contribution in [3.8, 4) is 0 Å². The third-order valence-corrected chi connectivity index (χ3v) is 5.23. The summed E-state index contributed by atoms with van der Waals surface area (Å²) in [4.78, 5) is 31.1. The summed E-state index contributed by atoms with van der Waals surface area (Å²) in [6, 6.07) is 8.74. The number of amides is 3. The number of thioether (sulfide) groups is 1. The molecule has 27 heavy (non-hydrogen) atoms. The van der Waals surface area contributed by atoms with Crippen LogP contribution in [-0.2, 0) is 0 Å². The summed E-state index contributed by atoms with van der Waals surface area (Å²) in [6.45, 7) is 7.26. The first-order chi connectivity index (χ1) is 13.0. The summed E-state index contributed by atoms with van der Waals surface area (Å²) in [5.41, 5.74) is 4.12. The second kappa shape index (κ2) is 8.43. The number of aryl methyl sites for hydroxylation is 2. The molecular formula is C20H24N4O2S. The maximum atomic E-state index is 12.8. The van der Waals surface area contributed by atoms with Gasteiger partial charge in [-0.25, -0.2) is 9.78 Å². The monoisotopic (exact) mass is 384 g/mol. The van der Waals surface area contributed by atoms with Crippen LogP contribution in [0.15, 0.2) is 35.4 Å². The zero-order valence-electron chi connectivity index (χ0n) is 15.8. The van der Waals surface area contributed by atoms with Gasteiger partial charge in [0.1, 0.15) is 5.03 Å². The second-order valence-corrected chi connectivity index (χ2v) is 7.58. The largest absolute Gasteiger partial charge is 0.352 e.